The van der Waals surface area contributed by atoms with E-state index in [2.05, 4.69) is 35.1 Å². The van der Waals surface area contributed by atoms with Gasteiger partial charge in [0.25, 0.3) is 5.69 Å². The number of benzene rings is 1. The van der Waals surface area contributed by atoms with Gasteiger partial charge in [-0.1, -0.05) is 48.5 Å². The lowest BCUT2D eigenvalue weighted by molar-refractivity contribution is -0.384. The summed E-state index contributed by atoms with van der Waals surface area (Å²) in [6.07, 6.45) is 5.89. The molecule has 0 heterocycles. The van der Waals surface area contributed by atoms with Crippen molar-refractivity contribution in [3.05, 3.63) is 32.8 Å². The highest BCUT2D eigenvalue weighted by molar-refractivity contribution is 9.10. The summed E-state index contributed by atoms with van der Waals surface area (Å²) in [6.45, 7) is 4.25. The van der Waals surface area contributed by atoms with E-state index < -0.39 is 0 Å². The summed E-state index contributed by atoms with van der Waals surface area (Å²) in [7, 11) is 0. The van der Waals surface area contributed by atoms with Crippen molar-refractivity contribution in [2.45, 2.75) is 52.0 Å². The molecule has 1 N–H and O–H groups in total. The number of rotatable bonds is 8. The minimum absolute atomic E-state index is 0.128. The molecule has 1 rings (SSSR count). The maximum Gasteiger partial charge on any atom is 0.292 e. The zero-order valence-corrected chi connectivity index (χ0v) is 13.1. The molecular formula is C14H21BrN2O2. The minimum atomic E-state index is -0.349. The van der Waals surface area contributed by atoms with Gasteiger partial charge in [-0.15, -0.1) is 0 Å². The molecule has 5 heteroatoms. The molecule has 1 atom stereocenters. The van der Waals surface area contributed by atoms with E-state index in [0.29, 0.717) is 5.69 Å². The van der Waals surface area contributed by atoms with Gasteiger partial charge in [-0.3, -0.25) is 10.1 Å². The van der Waals surface area contributed by atoms with Crippen LogP contribution >= 0.6 is 15.9 Å². The number of anilines is 1. The summed E-state index contributed by atoms with van der Waals surface area (Å²) in [4.78, 5) is 10.6. The third kappa shape index (κ3) is 5.59. The molecule has 1 aromatic rings. The second kappa shape index (κ2) is 8.15. The van der Waals surface area contributed by atoms with Gasteiger partial charge in [0.05, 0.1) is 4.92 Å². The number of nitro groups is 1. The van der Waals surface area contributed by atoms with E-state index in [1.54, 1.807) is 12.1 Å². The Morgan fingerprint density at radius 3 is 2.74 bits per heavy atom. The molecule has 0 fully saturated rings. The molecule has 19 heavy (non-hydrogen) atoms. The summed E-state index contributed by atoms with van der Waals surface area (Å²) < 4.78 is 0.846. The molecule has 0 bridgehead atoms. The first-order valence-electron chi connectivity index (χ1n) is 6.75. The van der Waals surface area contributed by atoms with Gasteiger partial charge in [-0.05, 0) is 25.5 Å². The van der Waals surface area contributed by atoms with E-state index in [4.69, 9.17) is 0 Å². The number of hydrogen-bond acceptors (Lipinski definition) is 3. The number of halogens is 1. The Balaban J connectivity index is 2.60. The normalized spacial score (nSPS) is 12.2. The topological polar surface area (TPSA) is 55.2 Å². The third-order valence-corrected chi connectivity index (χ3v) is 3.54. The average molecular weight is 329 g/mol. The summed E-state index contributed by atoms with van der Waals surface area (Å²) in [5.74, 6) is 0. The second-order valence-electron chi connectivity index (χ2n) is 4.81. The van der Waals surface area contributed by atoms with Crippen LogP contribution in [0.1, 0.15) is 46.0 Å². The molecule has 1 aromatic carbocycles. The van der Waals surface area contributed by atoms with Crippen molar-refractivity contribution in [1.29, 1.82) is 0 Å². The maximum atomic E-state index is 11.0. The van der Waals surface area contributed by atoms with Crippen LogP contribution in [0, 0.1) is 10.1 Å². The first kappa shape index (κ1) is 16.0. The van der Waals surface area contributed by atoms with E-state index in [0.717, 1.165) is 17.3 Å². The molecule has 0 radical (unpaired) electrons. The van der Waals surface area contributed by atoms with Gasteiger partial charge in [0.1, 0.15) is 5.69 Å². The molecule has 0 aliphatic carbocycles. The molecule has 0 aliphatic heterocycles. The highest BCUT2D eigenvalue weighted by atomic mass is 79.9. The Morgan fingerprint density at radius 2 is 2.11 bits per heavy atom. The van der Waals surface area contributed by atoms with Crippen molar-refractivity contribution in [3.8, 4) is 0 Å². The van der Waals surface area contributed by atoms with Crippen LogP contribution in [0.3, 0.4) is 0 Å². The van der Waals surface area contributed by atoms with Crippen molar-refractivity contribution in [1.82, 2.24) is 0 Å². The van der Waals surface area contributed by atoms with Gasteiger partial charge in [0.15, 0.2) is 0 Å². The molecule has 0 aliphatic rings. The van der Waals surface area contributed by atoms with Crippen LogP contribution in [-0.4, -0.2) is 11.0 Å². The zero-order chi connectivity index (χ0) is 14.3. The van der Waals surface area contributed by atoms with Gasteiger partial charge in [0, 0.05) is 16.6 Å². The monoisotopic (exact) mass is 328 g/mol. The van der Waals surface area contributed by atoms with Gasteiger partial charge in [-0.2, -0.15) is 0 Å². The lowest BCUT2D eigenvalue weighted by Crippen LogP contribution is -2.15. The zero-order valence-electron chi connectivity index (χ0n) is 11.5. The molecule has 0 aromatic heterocycles. The Labute approximate surface area is 122 Å². The quantitative estimate of drug-likeness (QED) is 0.409. The standard InChI is InChI=1S/C14H21BrN2O2/c1-3-4-5-6-7-11(2)16-13-10-12(15)8-9-14(13)17(18)19/h8-11,16H,3-7H2,1-2H3. The third-order valence-electron chi connectivity index (χ3n) is 3.05. The number of nitrogens with zero attached hydrogens (tertiary/aromatic N) is 1. The molecule has 1 unspecified atom stereocenters. The summed E-state index contributed by atoms with van der Waals surface area (Å²) >= 11 is 3.35. The number of nitrogens with one attached hydrogen (secondary N) is 1. The predicted octanol–water partition coefficient (Wildman–Crippen LogP) is 5.13. The fraction of sp³-hybridized carbons (Fsp3) is 0.571. The Morgan fingerprint density at radius 1 is 1.37 bits per heavy atom. The molecule has 0 saturated heterocycles. The molecule has 0 spiro atoms. The summed E-state index contributed by atoms with van der Waals surface area (Å²) in [5.41, 5.74) is 0.714. The van der Waals surface area contributed by atoms with Gasteiger partial charge >= 0.3 is 0 Å². The largest absolute Gasteiger partial charge is 0.377 e. The summed E-state index contributed by atoms with van der Waals surface area (Å²) in [5, 5.41) is 14.2. The van der Waals surface area contributed by atoms with Crippen LogP contribution in [0.2, 0.25) is 0 Å². The smallest absolute Gasteiger partial charge is 0.292 e. The lowest BCUT2D eigenvalue weighted by Gasteiger charge is -2.15. The molecule has 106 valence electrons. The fourth-order valence-corrected chi connectivity index (χ4v) is 2.36. The molecule has 0 amide bonds. The van der Waals surface area contributed by atoms with Crippen molar-refractivity contribution in [2.75, 3.05) is 5.32 Å². The van der Waals surface area contributed by atoms with E-state index >= 15 is 0 Å². The highest BCUT2D eigenvalue weighted by Gasteiger charge is 2.15. The van der Waals surface area contributed by atoms with Crippen molar-refractivity contribution < 1.29 is 4.92 Å². The minimum Gasteiger partial charge on any atom is -0.377 e. The van der Waals surface area contributed by atoms with Crippen molar-refractivity contribution in [3.63, 3.8) is 0 Å². The summed E-state index contributed by atoms with van der Waals surface area (Å²) in [6, 6.07) is 5.22. The predicted molar refractivity (Wildman–Crippen MR) is 82.6 cm³/mol. The van der Waals surface area contributed by atoms with E-state index in [9.17, 15) is 10.1 Å². The Bertz CT molecular complexity index is 424. The number of unbranched alkanes of at least 4 members (excludes halogenated alkanes) is 3. The van der Waals surface area contributed by atoms with Crippen LogP contribution in [0.4, 0.5) is 11.4 Å². The van der Waals surface area contributed by atoms with E-state index in [-0.39, 0.29) is 16.7 Å². The lowest BCUT2D eigenvalue weighted by atomic mass is 10.1. The Hall–Kier alpha value is -1.10. The van der Waals surface area contributed by atoms with Crippen LogP contribution in [0.25, 0.3) is 0 Å². The van der Waals surface area contributed by atoms with E-state index in [1.165, 1.54) is 25.3 Å². The maximum absolute atomic E-state index is 11.0. The SMILES string of the molecule is CCCCCCC(C)Nc1cc(Br)ccc1[N+](=O)[O-]. The molecule has 0 saturated carbocycles. The van der Waals surface area contributed by atoms with Crippen LogP contribution in [0.5, 0.6) is 0 Å². The van der Waals surface area contributed by atoms with Gasteiger partial charge in [0.2, 0.25) is 0 Å². The number of nitro benzene ring substituents is 1. The highest BCUT2D eigenvalue weighted by Crippen LogP contribution is 2.28. The van der Waals surface area contributed by atoms with E-state index in [1.807, 2.05) is 0 Å². The fourth-order valence-electron chi connectivity index (χ4n) is 2.00. The first-order valence-corrected chi connectivity index (χ1v) is 7.54. The average Bonchev–Trinajstić information content (AvgIpc) is 2.34. The van der Waals surface area contributed by atoms with Crippen LogP contribution in [0.15, 0.2) is 22.7 Å². The van der Waals surface area contributed by atoms with Gasteiger partial charge < -0.3 is 5.32 Å². The van der Waals surface area contributed by atoms with Crippen molar-refractivity contribution >= 4 is 27.3 Å². The van der Waals surface area contributed by atoms with Gasteiger partial charge in [-0.25, -0.2) is 0 Å². The Kier molecular flexibility index (Phi) is 6.84. The van der Waals surface area contributed by atoms with Crippen molar-refractivity contribution in [2.24, 2.45) is 0 Å². The first-order chi connectivity index (χ1) is 9.04. The van der Waals surface area contributed by atoms with Crippen LogP contribution < -0.4 is 5.32 Å². The second-order valence-corrected chi connectivity index (χ2v) is 5.73. The van der Waals surface area contributed by atoms with Crippen LogP contribution in [-0.2, 0) is 0 Å². The molecule has 4 nitrogen and oxygen atoms in total. The molecular weight excluding hydrogens is 308 g/mol. The number of hydrogen-bond donors (Lipinski definition) is 1.